The van der Waals surface area contributed by atoms with Crippen LogP contribution in [0.25, 0.3) is 16.8 Å². The lowest BCUT2D eigenvalue weighted by Gasteiger charge is -2.34. The highest BCUT2D eigenvalue weighted by Gasteiger charge is 2.36. The van der Waals surface area contributed by atoms with Gasteiger partial charge in [-0.2, -0.15) is 0 Å². The summed E-state index contributed by atoms with van der Waals surface area (Å²) in [5.74, 6) is -0.729. The number of carbonyl (C=O) groups excluding carboxylic acids is 3. The lowest BCUT2D eigenvalue weighted by Crippen LogP contribution is -2.53. The minimum absolute atomic E-state index is 0.229. The zero-order valence-corrected chi connectivity index (χ0v) is 26.6. The van der Waals surface area contributed by atoms with Gasteiger partial charge in [0.15, 0.2) is 0 Å². The van der Waals surface area contributed by atoms with Gasteiger partial charge in [0.2, 0.25) is 5.91 Å². The topological polar surface area (TPSA) is 87.7 Å². The van der Waals surface area contributed by atoms with Gasteiger partial charge in [-0.25, -0.2) is 4.79 Å². The van der Waals surface area contributed by atoms with E-state index >= 15 is 0 Å². The van der Waals surface area contributed by atoms with Crippen LogP contribution >= 0.6 is 0 Å². The standard InChI is InChI=1S/C38H43N3O4/c1-6-8-23-41(36(43)33(25-28-15-10-9-11-16-28)40-37(44)45-38(3,4)5)34(31-20-14-17-27(7-2)24-31)35(42)39-32-22-21-29-18-12-13-19-30(29)26-32/h7,9-22,24,26,33-34H,2,6,8,23,25H2,1,3-5H3,(H,39,42)(H,40,44). The Kier molecular flexibility index (Phi) is 11.1. The first-order chi connectivity index (χ1) is 21.6. The third-order valence-electron chi connectivity index (χ3n) is 7.35. The van der Waals surface area contributed by atoms with Crippen molar-refractivity contribution in [3.8, 4) is 0 Å². The monoisotopic (exact) mass is 605 g/mol. The summed E-state index contributed by atoms with van der Waals surface area (Å²) in [5, 5.41) is 7.94. The van der Waals surface area contributed by atoms with Gasteiger partial charge in [-0.05, 0) is 72.9 Å². The number of nitrogens with one attached hydrogen (secondary N) is 2. The van der Waals surface area contributed by atoms with E-state index in [0.29, 0.717) is 24.2 Å². The Morgan fingerprint density at radius 1 is 0.889 bits per heavy atom. The van der Waals surface area contributed by atoms with E-state index in [4.69, 9.17) is 4.74 Å². The van der Waals surface area contributed by atoms with Crippen LogP contribution in [0, 0.1) is 0 Å². The van der Waals surface area contributed by atoms with Crippen LogP contribution in [-0.4, -0.2) is 41.0 Å². The largest absolute Gasteiger partial charge is 0.444 e. The molecule has 7 nitrogen and oxygen atoms in total. The maximum atomic E-state index is 14.6. The second kappa shape index (κ2) is 15.2. The van der Waals surface area contributed by atoms with Gasteiger partial charge in [-0.3, -0.25) is 9.59 Å². The van der Waals surface area contributed by atoms with Gasteiger partial charge in [-0.15, -0.1) is 0 Å². The number of amides is 3. The maximum absolute atomic E-state index is 14.6. The molecule has 0 radical (unpaired) electrons. The molecule has 234 valence electrons. The SMILES string of the molecule is C=Cc1cccc(C(C(=O)Nc2ccc3ccccc3c2)N(CCCC)C(=O)C(Cc2ccccc2)NC(=O)OC(C)(C)C)c1. The summed E-state index contributed by atoms with van der Waals surface area (Å²) >= 11 is 0. The molecule has 0 aromatic heterocycles. The molecule has 2 atom stereocenters. The number of hydrogen-bond donors (Lipinski definition) is 2. The molecule has 0 aliphatic carbocycles. The summed E-state index contributed by atoms with van der Waals surface area (Å²) < 4.78 is 5.54. The fraction of sp³-hybridized carbons (Fsp3) is 0.289. The number of anilines is 1. The van der Waals surface area contributed by atoms with Crippen LogP contribution in [-0.2, 0) is 20.7 Å². The molecule has 3 amide bonds. The predicted octanol–water partition coefficient (Wildman–Crippen LogP) is 7.93. The highest BCUT2D eigenvalue weighted by Crippen LogP contribution is 2.28. The Hall–Kier alpha value is -4.91. The smallest absolute Gasteiger partial charge is 0.408 e. The predicted molar refractivity (Wildman–Crippen MR) is 182 cm³/mol. The second-order valence-electron chi connectivity index (χ2n) is 12.1. The van der Waals surface area contributed by atoms with E-state index in [9.17, 15) is 14.4 Å². The van der Waals surface area contributed by atoms with Crippen LogP contribution in [0.4, 0.5) is 10.5 Å². The minimum Gasteiger partial charge on any atom is -0.444 e. The average Bonchev–Trinajstić information content (AvgIpc) is 3.02. The van der Waals surface area contributed by atoms with Gasteiger partial charge in [-0.1, -0.05) is 105 Å². The van der Waals surface area contributed by atoms with Crippen molar-refractivity contribution in [2.75, 3.05) is 11.9 Å². The van der Waals surface area contributed by atoms with E-state index in [1.54, 1.807) is 31.7 Å². The highest BCUT2D eigenvalue weighted by atomic mass is 16.6. The number of alkyl carbamates (subject to hydrolysis) is 1. The van der Waals surface area contributed by atoms with Crippen molar-refractivity contribution in [3.05, 3.63) is 120 Å². The Labute approximate surface area is 266 Å². The van der Waals surface area contributed by atoms with Crippen molar-refractivity contribution in [2.24, 2.45) is 0 Å². The van der Waals surface area contributed by atoms with E-state index in [1.807, 2.05) is 104 Å². The molecular weight excluding hydrogens is 562 g/mol. The van der Waals surface area contributed by atoms with Crippen molar-refractivity contribution in [2.45, 2.75) is 64.6 Å². The molecule has 0 aliphatic rings. The number of hydrogen-bond acceptors (Lipinski definition) is 4. The number of benzene rings is 4. The Morgan fingerprint density at radius 3 is 2.29 bits per heavy atom. The first kappa shape index (κ1) is 33.0. The van der Waals surface area contributed by atoms with Gasteiger partial charge in [0.1, 0.15) is 17.7 Å². The summed E-state index contributed by atoms with van der Waals surface area (Å²) in [4.78, 5) is 43.5. The van der Waals surface area contributed by atoms with Crippen molar-refractivity contribution in [1.82, 2.24) is 10.2 Å². The normalized spacial score (nSPS) is 12.5. The molecule has 4 aromatic rings. The molecule has 4 aromatic carbocycles. The average molecular weight is 606 g/mol. The first-order valence-corrected chi connectivity index (χ1v) is 15.4. The van der Waals surface area contributed by atoms with E-state index in [0.717, 1.165) is 28.3 Å². The van der Waals surface area contributed by atoms with Gasteiger partial charge < -0.3 is 20.3 Å². The molecule has 0 heterocycles. The number of unbranched alkanes of at least 4 members (excludes halogenated alkanes) is 1. The van der Waals surface area contributed by atoms with E-state index in [2.05, 4.69) is 17.2 Å². The summed E-state index contributed by atoms with van der Waals surface area (Å²) in [6.45, 7) is 11.6. The first-order valence-electron chi connectivity index (χ1n) is 15.4. The molecule has 2 N–H and O–H groups in total. The second-order valence-corrected chi connectivity index (χ2v) is 12.1. The number of rotatable bonds is 12. The van der Waals surface area contributed by atoms with E-state index in [-0.39, 0.29) is 18.2 Å². The Morgan fingerprint density at radius 2 is 1.60 bits per heavy atom. The van der Waals surface area contributed by atoms with Crippen LogP contribution in [0.15, 0.2) is 104 Å². The molecule has 0 fully saturated rings. The number of fused-ring (bicyclic) bond motifs is 1. The fourth-order valence-corrected chi connectivity index (χ4v) is 5.20. The molecule has 0 spiro atoms. The number of nitrogens with zero attached hydrogens (tertiary/aromatic N) is 1. The lowest BCUT2D eigenvalue weighted by atomic mass is 9.98. The highest BCUT2D eigenvalue weighted by molar-refractivity contribution is 6.00. The Balaban J connectivity index is 1.76. The zero-order valence-electron chi connectivity index (χ0n) is 26.6. The van der Waals surface area contributed by atoms with Crippen molar-refractivity contribution < 1.29 is 19.1 Å². The molecule has 45 heavy (non-hydrogen) atoms. The number of carbonyl (C=O) groups is 3. The maximum Gasteiger partial charge on any atom is 0.408 e. The van der Waals surface area contributed by atoms with Gasteiger partial charge in [0.05, 0.1) is 0 Å². The van der Waals surface area contributed by atoms with Crippen molar-refractivity contribution in [1.29, 1.82) is 0 Å². The molecule has 0 saturated heterocycles. The summed E-state index contributed by atoms with van der Waals surface area (Å²) in [7, 11) is 0. The van der Waals surface area contributed by atoms with Crippen LogP contribution in [0.1, 0.15) is 63.3 Å². The summed E-state index contributed by atoms with van der Waals surface area (Å²) in [6, 6.07) is 28.7. The molecule has 7 heteroatoms. The third-order valence-corrected chi connectivity index (χ3v) is 7.35. The van der Waals surface area contributed by atoms with Crippen molar-refractivity contribution >= 4 is 40.4 Å². The third kappa shape index (κ3) is 9.29. The van der Waals surface area contributed by atoms with E-state index < -0.39 is 23.8 Å². The summed E-state index contributed by atoms with van der Waals surface area (Å²) in [6.07, 6.45) is 2.71. The van der Waals surface area contributed by atoms with Crippen molar-refractivity contribution in [3.63, 3.8) is 0 Å². The van der Waals surface area contributed by atoms with Crippen LogP contribution in [0.2, 0.25) is 0 Å². The minimum atomic E-state index is -0.978. The molecular formula is C38H43N3O4. The molecule has 0 bridgehead atoms. The molecule has 2 unspecified atom stereocenters. The van der Waals surface area contributed by atoms with Gasteiger partial charge >= 0.3 is 6.09 Å². The molecule has 4 rings (SSSR count). The van der Waals surface area contributed by atoms with E-state index in [1.165, 1.54) is 0 Å². The Bertz CT molecular complexity index is 1630. The molecule has 0 saturated carbocycles. The zero-order chi connectivity index (χ0) is 32.4. The van der Waals surface area contributed by atoms with Gasteiger partial charge in [0.25, 0.3) is 5.91 Å². The lowest BCUT2D eigenvalue weighted by molar-refractivity contribution is -0.140. The fourth-order valence-electron chi connectivity index (χ4n) is 5.20. The van der Waals surface area contributed by atoms with Crippen LogP contribution in [0.5, 0.6) is 0 Å². The number of ether oxygens (including phenoxy) is 1. The van der Waals surface area contributed by atoms with Crippen LogP contribution in [0.3, 0.4) is 0 Å². The quantitative estimate of drug-likeness (QED) is 0.172. The molecule has 0 aliphatic heterocycles. The van der Waals surface area contributed by atoms with Gasteiger partial charge in [0, 0.05) is 18.7 Å². The van der Waals surface area contributed by atoms with Crippen LogP contribution < -0.4 is 10.6 Å². The summed E-state index contributed by atoms with van der Waals surface area (Å²) in [5.41, 5.74) is 2.21.